The van der Waals surface area contributed by atoms with Gasteiger partial charge in [0.15, 0.2) is 0 Å². The van der Waals surface area contributed by atoms with E-state index in [1.54, 1.807) is 6.07 Å². The lowest BCUT2D eigenvalue weighted by molar-refractivity contribution is -0.121. The van der Waals surface area contributed by atoms with E-state index in [4.69, 9.17) is 16.3 Å². The van der Waals surface area contributed by atoms with Crippen molar-refractivity contribution in [1.29, 1.82) is 0 Å². The summed E-state index contributed by atoms with van der Waals surface area (Å²) in [6.45, 7) is 2.42. The largest absolute Gasteiger partial charge is 0.493 e. The molecule has 0 heterocycles. The van der Waals surface area contributed by atoms with Crippen LogP contribution in [0, 0.1) is 0 Å². The number of hydrogen-bond donors (Lipinski definition) is 2. The average Bonchev–Trinajstić information content (AvgIpc) is 3.23. The van der Waals surface area contributed by atoms with Crippen LogP contribution in [0.3, 0.4) is 0 Å². The molecule has 1 unspecified atom stereocenters. The van der Waals surface area contributed by atoms with Crippen molar-refractivity contribution in [2.75, 3.05) is 13.7 Å². The van der Waals surface area contributed by atoms with Crippen molar-refractivity contribution in [3.8, 4) is 5.75 Å². The van der Waals surface area contributed by atoms with Crippen LogP contribution in [0.25, 0.3) is 0 Å². The molecule has 0 aliphatic heterocycles. The highest BCUT2D eigenvalue weighted by Gasteiger charge is 2.23. The fourth-order valence-electron chi connectivity index (χ4n) is 1.93. The zero-order valence-electron chi connectivity index (χ0n) is 11.9. The molecule has 2 rings (SSSR count). The van der Waals surface area contributed by atoms with E-state index in [0.29, 0.717) is 24.1 Å². The van der Waals surface area contributed by atoms with Gasteiger partial charge in [0.1, 0.15) is 5.75 Å². The van der Waals surface area contributed by atoms with Crippen LogP contribution in [0.2, 0.25) is 5.02 Å². The summed E-state index contributed by atoms with van der Waals surface area (Å²) in [6, 6.07) is 6.08. The first-order chi connectivity index (χ1) is 9.60. The number of benzene rings is 1. The Labute approximate surface area is 124 Å². The zero-order valence-corrected chi connectivity index (χ0v) is 12.7. The van der Waals surface area contributed by atoms with Crippen LogP contribution in [-0.2, 0) is 4.79 Å². The van der Waals surface area contributed by atoms with Crippen LogP contribution in [0.4, 0.5) is 0 Å². The van der Waals surface area contributed by atoms with Gasteiger partial charge in [0, 0.05) is 22.7 Å². The summed E-state index contributed by atoms with van der Waals surface area (Å²) in [5.74, 6) is 0.833. The second-order valence-corrected chi connectivity index (χ2v) is 5.57. The van der Waals surface area contributed by atoms with Gasteiger partial charge in [0.05, 0.1) is 13.0 Å². The maximum Gasteiger partial charge on any atom is 0.223 e. The number of nitrogens with one attached hydrogen (secondary N) is 2. The molecule has 0 radical (unpaired) electrons. The molecule has 0 saturated heterocycles. The molecule has 0 spiro atoms. The second kappa shape index (κ2) is 6.95. The Bertz CT molecular complexity index is 475. The third kappa shape index (κ3) is 4.39. The van der Waals surface area contributed by atoms with Crippen LogP contribution in [0.15, 0.2) is 18.2 Å². The van der Waals surface area contributed by atoms with E-state index in [0.717, 1.165) is 24.2 Å². The minimum atomic E-state index is 0.0599. The maximum absolute atomic E-state index is 11.6. The molecule has 2 N–H and O–H groups in total. The van der Waals surface area contributed by atoms with Gasteiger partial charge in [-0.1, -0.05) is 11.6 Å². The second-order valence-electron chi connectivity index (χ2n) is 5.13. The molecule has 1 atom stereocenters. The Balaban J connectivity index is 1.89. The third-order valence-electron chi connectivity index (χ3n) is 3.40. The van der Waals surface area contributed by atoms with Crippen molar-refractivity contribution >= 4 is 17.5 Å². The number of ether oxygens (including phenoxy) is 1. The molecule has 1 aromatic carbocycles. The van der Waals surface area contributed by atoms with Gasteiger partial charge in [-0.2, -0.15) is 0 Å². The van der Waals surface area contributed by atoms with Gasteiger partial charge in [-0.3, -0.25) is 4.79 Å². The molecule has 4 nitrogen and oxygen atoms in total. The molecule has 110 valence electrons. The Kier molecular flexibility index (Phi) is 5.26. The van der Waals surface area contributed by atoms with E-state index in [9.17, 15) is 4.79 Å². The molecule has 1 fully saturated rings. The maximum atomic E-state index is 11.6. The fraction of sp³-hybridized carbons (Fsp3) is 0.533. The van der Waals surface area contributed by atoms with Gasteiger partial charge in [0.25, 0.3) is 0 Å². The minimum Gasteiger partial charge on any atom is -0.493 e. The third-order valence-corrected chi connectivity index (χ3v) is 3.64. The molecule has 0 aromatic heterocycles. The lowest BCUT2D eigenvalue weighted by Crippen LogP contribution is -2.26. The lowest BCUT2D eigenvalue weighted by atomic mass is 10.1. The number of rotatable bonds is 7. The average molecular weight is 297 g/mol. The molecular weight excluding hydrogens is 276 g/mol. The van der Waals surface area contributed by atoms with E-state index in [2.05, 4.69) is 10.6 Å². The minimum absolute atomic E-state index is 0.0599. The number of amides is 1. The molecule has 0 bridgehead atoms. The Morgan fingerprint density at radius 2 is 2.25 bits per heavy atom. The molecule has 1 amide bonds. The van der Waals surface area contributed by atoms with Gasteiger partial charge in [0.2, 0.25) is 5.91 Å². The highest BCUT2D eigenvalue weighted by Crippen LogP contribution is 2.28. The zero-order chi connectivity index (χ0) is 14.5. The smallest absolute Gasteiger partial charge is 0.223 e. The standard InChI is InChI=1S/C15H21ClN2O2/c1-10(17-2)13-9-11(16)3-6-14(13)20-8-7-15(19)18-12-4-5-12/h3,6,9-10,12,17H,4-5,7-8H2,1-2H3,(H,18,19). The fourth-order valence-corrected chi connectivity index (χ4v) is 2.11. The lowest BCUT2D eigenvalue weighted by Gasteiger charge is -2.17. The molecular formula is C15H21ClN2O2. The molecule has 20 heavy (non-hydrogen) atoms. The predicted molar refractivity (Wildman–Crippen MR) is 80.2 cm³/mol. The first-order valence-corrected chi connectivity index (χ1v) is 7.37. The quantitative estimate of drug-likeness (QED) is 0.813. The van der Waals surface area contributed by atoms with E-state index in [-0.39, 0.29) is 11.9 Å². The first-order valence-electron chi connectivity index (χ1n) is 6.99. The van der Waals surface area contributed by atoms with Crippen molar-refractivity contribution < 1.29 is 9.53 Å². The molecule has 1 aliphatic carbocycles. The monoisotopic (exact) mass is 296 g/mol. The van der Waals surface area contributed by atoms with E-state index < -0.39 is 0 Å². The summed E-state index contributed by atoms with van der Waals surface area (Å²) in [5.41, 5.74) is 1.00. The van der Waals surface area contributed by atoms with Gasteiger partial charge >= 0.3 is 0 Å². The Hall–Kier alpha value is -1.26. The van der Waals surface area contributed by atoms with Crippen LogP contribution in [0.1, 0.15) is 37.8 Å². The van der Waals surface area contributed by atoms with Crippen LogP contribution < -0.4 is 15.4 Å². The Morgan fingerprint density at radius 3 is 2.90 bits per heavy atom. The van der Waals surface area contributed by atoms with E-state index in [1.165, 1.54) is 0 Å². The van der Waals surface area contributed by atoms with Crippen LogP contribution in [0.5, 0.6) is 5.75 Å². The number of carbonyl (C=O) groups excluding carboxylic acids is 1. The molecule has 1 aromatic rings. The van der Waals surface area contributed by atoms with Crippen molar-refractivity contribution in [3.63, 3.8) is 0 Å². The summed E-state index contributed by atoms with van der Waals surface area (Å²) >= 11 is 6.02. The first kappa shape index (κ1) is 15.1. The van der Waals surface area contributed by atoms with E-state index in [1.807, 2.05) is 26.1 Å². The SMILES string of the molecule is CNC(C)c1cc(Cl)ccc1OCCC(=O)NC1CC1. The summed E-state index contributed by atoms with van der Waals surface area (Å²) in [6.07, 6.45) is 2.59. The topological polar surface area (TPSA) is 50.4 Å². The number of hydrogen-bond acceptors (Lipinski definition) is 3. The van der Waals surface area contributed by atoms with Crippen molar-refractivity contribution in [1.82, 2.24) is 10.6 Å². The highest BCUT2D eigenvalue weighted by molar-refractivity contribution is 6.30. The van der Waals surface area contributed by atoms with Crippen molar-refractivity contribution in [2.45, 2.75) is 38.3 Å². The molecule has 1 aliphatic rings. The van der Waals surface area contributed by atoms with Gasteiger partial charge < -0.3 is 15.4 Å². The summed E-state index contributed by atoms with van der Waals surface area (Å²) in [5, 5.41) is 6.79. The van der Waals surface area contributed by atoms with Crippen LogP contribution in [-0.4, -0.2) is 25.6 Å². The van der Waals surface area contributed by atoms with Crippen LogP contribution >= 0.6 is 11.6 Å². The van der Waals surface area contributed by atoms with Gasteiger partial charge in [-0.15, -0.1) is 0 Å². The Morgan fingerprint density at radius 1 is 1.50 bits per heavy atom. The summed E-state index contributed by atoms with van der Waals surface area (Å²) in [7, 11) is 1.89. The van der Waals surface area contributed by atoms with Crippen molar-refractivity contribution in [2.24, 2.45) is 0 Å². The number of halogens is 1. The molecule has 5 heteroatoms. The number of carbonyl (C=O) groups is 1. The summed E-state index contributed by atoms with van der Waals surface area (Å²) in [4.78, 5) is 11.6. The normalized spacial score (nSPS) is 15.8. The van der Waals surface area contributed by atoms with Gasteiger partial charge in [-0.05, 0) is 45.0 Å². The predicted octanol–water partition coefficient (Wildman–Crippen LogP) is 2.67. The van der Waals surface area contributed by atoms with Gasteiger partial charge in [-0.25, -0.2) is 0 Å². The van der Waals surface area contributed by atoms with E-state index >= 15 is 0 Å². The summed E-state index contributed by atoms with van der Waals surface area (Å²) < 4.78 is 5.73. The molecule has 1 saturated carbocycles. The van der Waals surface area contributed by atoms with Crippen molar-refractivity contribution in [3.05, 3.63) is 28.8 Å². The highest BCUT2D eigenvalue weighted by atomic mass is 35.5.